The number of benzene rings is 1. The van der Waals surface area contributed by atoms with Crippen molar-refractivity contribution in [3.63, 3.8) is 0 Å². The van der Waals surface area contributed by atoms with Gasteiger partial charge in [0.15, 0.2) is 0 Å². The molecule has 3 rings (SSSR count). The molecule has 0 radical (unpaired) electrons. The molecule has 3 N–H and O–H groups in total. The Hall–Kier alpha value is -3.47. The molecule has 10 nitrogen and oxygen atoms in total. The maximum atomic E-state index is 13.5. The standard InChI is InChI=1S/C27H34ClN5O5/c1-27(2,17-34)16-32(3)23(35)15-33-24-19(7-10-22(31-24)29-11-12-38-4)13-21(26(33)37)25(36)30-14-18-5-8-20(28)9-6-18/h5-10,13,34H,11-12,14-17H2,1-4H3,(H,29,31)(H,30,36). The van der Waals surface area contributed by atoms with Crippen LogP contribution in [0.3, 0.4) is 0 Å². The third kappa shape index (κ3) is 7.53. The van der Waals surface area contributed by atoms with E-state index in [4.69, 9.17) is 16.3 Å². The van der Waals surface area contributed by atoms with Crippen LogP contribution in [0, 0.1) is 5.41 Å². The number of carbonyl (C=O) groups is 2. The van der Waals surface area contributed by atoms with E-state index in [1.54, 1.807) is 50.6 Å². The maximum Gasteiger partial charge on any atom is 0.265 e. The lowest BCUT2D eigenvalue weighted by atomic mass is 9.94. The lowest BCUT2D eigenvalue weighted by molar-refractivity contribution is -0.132. The summed E-state index contributed by atoms with van der Waals surface area (Å²) in [6, 6.07) is 12.0. The molecule has 2 aromatic heterocycles. The molecule has 38 heavy (non-hydrogen) atoms. The number of anilines is 1. The van der Waals surface area contributed by atoms with Crippen LogP contribution < -0.4 is 16.2 Å². The van der Waals surface area contributed by atoms with Crippen LogP contribution in [0.15, 0.2) is 47.3 Å². The van der Waals surface area contributed by atoms with E-state index in [0.29, 0.717) is 29.4 Å². The summed E-state index contributed by atoms with van der Waals surface area (Å²) in [4.78, 5) is 45.8. The van der Waals surface area contributed by atoms with Crippen molar-refractivity contribution >= 4 is 40.3 Å². The first kappa shape index (κ1) is 29.1. The molecule has 0 aliphatic heterocycles. The minimum Gasteiger partial charge on any atom is -0.396 e. The Morgan fingerprint density at radius 3 is 2.55 bits per heavy atom. The Morgan fingerprint density at radius 2 is 1.89 bits per heavy atom. The predicted molar refractivity (Wildman–Crippen MR) is 147 cm³/mol. The monoisotopic (exact) mass is 543 g/mol. The van der Waals surface area contributed by atoms with Gasteiger partial charge in [0.05, 0.1) is 6.61 Å². The Bertz CT molecular complexity index is 1340. The third-order valence-electron chi connectivity index (χ3n) is 5.97. The molecular formula is C27H34ClN5O5. The molecule has 0 aliphatic rings. The number of aliphatic hydroxyl groups is 1. The molecule has 204 valence electrons. The van der Waals surface area contributed by atoms with Crippen molar-refractivity contribution in [1.29, 1.82) is 0 Å². The Balaban J connectivity index is 1.96. The molecule has 11 heteroatoms. The van der Waals surface area contributed by atoms with E-state index < -0.39 is 16.9 Å². The first-order valence-electron chi connectivity index (χ1n) is 12.2. The number of hydrogen-bond acceptors (Lipinski definition) is 7. The van der Waals surface area contributed by atoms with Gasteiger partial charge < -0.3 is 25.4 Å². The average Bonchev–Trinajstić information content (AvgIpc) is 2.89. The highest BCUT2D eigenvalue weighted by molar-refractivity contribution is 6.30. The number of amides is 2. The summed E-state index contributed by atoms with van der Waals surface area (Å²) in [7, 11) is 3.20. The zero-order valence-electron chi connectivity index (χ0n) is 22.1. The van der Waals surface area contributed by atoms with Crippen LogP contribution in [0.5, 0.6) is 0 Å². The predicted octanol–water partition coefficient (Wildman–Crippen LogP) is 2.52. The summed E-state index contributed by atoms with van der Waals surface area (Å²) >= 11 is 5.93. The van der Waals surface area contributed by atoms with Gasteiger partial charge in [-0.15, -0.1) is 0 Å². The second-order valence-electron chi connectivity index (χ2n) is 9.86. The maximum absolute atomic E-state index is 13.5. The number of fused-ring (bicyclic) bond motifs is 1. The van der Waals surface area contributed by atoms with Gasteiger partial charge in [0.2, 0.25) is 5.91 Å². The van der Waals surface area contributed by atoms with Crippen molar-refractivity contribution in [2.75, 3.05) is 45.8 Å². The van der Waals surface area contributed by atoms with Gasteiger partial charge in [-0.2, -0.15) is 0 Å². The van der Waals surface area contributed by atoms with Crippen molar-refractivity contribution in [2.24, 2.45) is 5.41 Å². The van der Waals surface area contributed by atoms with Crippen LogP contribution in [-0.2, 0) is 22.6 Å². The van der Waals surface area contributed by atoms with Crippen LogP contribution >= 0.6 is 11.6 Å². The topological polar surface area (TPSA) is 126 Å². The number of nitrogens with one attached hydrogen (secondary N) is 2. The Morgan fingerprint density at radius 1 is 1.18 bits per heavy atom. The van der Waals surface area contributed by atoms with E-state index in [1.165, 1.54) is 15.5 Å². The first-order chi connectivity index (χ1) is 18.0. The van der Waals surface area contributed by atoms with Crippen molar-refractivity contribution in [3.05, 3.63) is 69.0 Å². The molecule has 0 spiro atoms. The van der Waals surface area contributed by atoms with Gasteiger partial charge in [-0.3, -0.25) is 19.0 Å². The summed E-state index contributed by atoms with van der Waals surface area (Å²) in [6.45, 7) is 4.70. The normalized spacial score (nSPS) is 11.4. The highest BCUT2D eigenvalue weighted by Gasteiger charge is 2.24. The van der Waals surface area contributed by atoms with Gasteiger partial charge in [-0.05, 0) is 35.9 Å². The molecule has 0 aliphatic carbocycles. The smallest absolute Gasteiger partial charge is 0.265 e. The molecule has 2 heterocycles. The SMILES string of the molecule is COCCNc1ccc2cc(C(=O)NCc3ccc(Cl)cc3)c(=O)n(CC(=O)N(C)CC(C)(C)CO)c2n1. The van der Waals surface area contributed by atoms with Gasteiger partial charge >= 0.3 is 0 Å². The van der Waals surface area contributed by atoms with Crippen molar-refractivity contribution in [1.82, 2.24) is 19.8 Å². The molecule has 0 saturated heterocycles. The Kier molecular flexibility index (Phi) is 9.84. The Labute approximate surface area is 226 Å². The van der Waals surface area contributed by atoms with Gasteiger partial charge in [0, 0.05) is 56.2 Å². The van der Waals surface area contributed by atoms with Crippen LogP contribution in [0.1, 0.15) is 29.8 Å². The fraction of sp³-hybridized carbons (Fsp3) is 0.407. The molecule has 3 aromatic rings. The zero-order valence-corrected chi connectivity index (χ0v) is 22.8. The van der Waals surface area contributed by atoms with Crippen LogP contribution in [0.4, 0.5) is 5.82 Å². The van der Waals surface area contributed by atoms with Crippen LogP contribution in [0.25, 0.3) is 11.0 Å². The highest BCUT2D eigenvalue weighted by Crippen LogP contribution is 2.18. The zero-order chi connectivity index (χ0) is 27.9. The number of carbonyl (C=O) groups excluding carboxylic acids is 2. The van der Waals surface area contributed by atoms with Gasteiger partial charge in [-0.25, -0.2) is 4.98 Å². The minimum absolute atomic E-state index is 0.0977. The second-order valence-corrected chi connectivity index (χ2v) is 10.3. The summed E-state index contributed by atoms with van der Waals surface area (Å²) < 4.78 is 6.28. The summed E-state index contributed by atoms with van der Waals surface area (Å²) in [5, 5.41) is 16.6. The van der Waals surface area contributed by atoms with E-state index in [9.17, 15) is 19.5 Å². The molecule has 0 fully saturated rings. The molecule has 0 saturated carbocycles. The molecule has 0 atom stereocenters. The largest absolute Gasteiger partial charge is 0.396 e. The number of aromatic nitrogens is 2. The van der Waals surface area contributed by atoms with Crippen molar-refractivity contribution < 1.29 is 19.4 Å². The molecule has 2 amide bonds. The average molecular weight is 544 g/mol. The van der Waals surface area contributed by atoms with E-state index in [-0.39, 0.29) is 43.4 Å². The van der Waals surface area contributed by atoms with Gasteiger partial charge in [-0.1, -0.05) is 37.6 Å². The van der Waals surface area contributed by atoms with Crippen molar-refractivity contribution in [2.45, 2.75) is 26.9 Å². The van der Waals surface area contributed by atoms with Gasteiger partial charge in [0.25, 0.3) is 11.5 Å². The molecule has 0 unspecified atom stereocenters. The van der Waals surface area contributed by atoms with Crippen LogP contribution in [0.2, 0.25) is 5.02 Å². The number of halogens is 1. The number of rotatable bonds is 12. The number of likely N-dealkylation sites (N-methyl/N-ethyl adjacent to an activating group) is 1. The minimum atomic E-state index is -0.629. The number of aliphatic hydroxyl groups excluding tert-OH is 1. The quantitative estimate of drug-likeness (QED) is 0.300. The lowest BCUT2D eigenvalue weighted by Crippen LogP contribution is -2.41. The van der Waals surface area contributed by atoms with E-state index in [2.05, 4.69) is 15.6 Å². The summed E-state index contributed by atoms with van der Waals surface area (Å²) in [5.74, 6) is -0.414. The summed E-state index contributed by atoms with van der Waals surface area (Å²) in [6.07, 6.45) is 0. The van der Waals surface area contributed by atoms with E-state index >= 15 is 0 Å². The molecule has 0 bridgehead atoms. The van der Waals surface area contributed by atoms with Gasteiger partial charge in [0.1, 0.15) is 23.6 Å². The first-order valence-corrected chi connectivity index (χ1v) is 12.6. The fourth-order valence-corrected chi connectivity index (χ4v) is 3.98. The number of hydrogen-bond donors (Lipinski definition) is 3. The third-order valence-corrected chi connectivity index (χ3v) is 6.22. The van der Waals surface area contributed by atoms with Crippen LogP contribution in [-0.4, -0.2) is 71.8 Å². The molecule has 1 aromatic carbocycles. The van der Waals surface area contributed by atoms with Crippen molar-refractivity contribution in [3.8, 4) is 0 Å². The summed E-state index contributed by atoms with van der Waals surface area (Å²) in [5.41, 5.74) is -0.150. The highest BCUT2D eigenvalue weighted by atomic mass is 35.5. The van der Waals surface area contributed by atoms with E-state index in [1.807, 2.05) is 13.8 Å². The molecular weight excluding hydrogens is 510 g/mol. The second kappa shape index (κ2) is 12.9. The lowest BCUT2D eigenvalue weighted by Gasteiger charge is -2.28. The number of pyridine rings is 2. The van der Waals surface area contributed by atoms with E-state index in [0.717, 1.165) is 5.56 Å². The number of methoxy groups -OCH3 is 1. The number of ether oxygens (including phenoxy) is 1. The number of nitrogens with zero attached hydrogens (tertiary/aromatic N) is 3. The fourth-order valence-electron chi connectivity index (χ4n) is 3.85.